The van der Waals surface area contributed by atoms with Crippen molar-refractivity contribution in [2.24, 2.45) is 11.8 Å². The molecule has 2 aliphatic rings. The molecule has 2 saturated heterocycles. The molecule has 2 aliphatic heterocycles. The third-order valence-electron chi connectivity index (χ3n) is 5.59. The number of ether oxygens (including phenoxy) is 1. The number of amides is 1. The van der Waals surface area contributed by atoms with Crippen molar-refractivity contribution in [3.8, 4) is 0 Å². The van der Waals surface area contributed by atoms with E-state index in [0.717, 1.165) is 44.3 Å². The zero-order valence-corrected chi connectivity index (χ0v) is 15.0. The van der Waals surface area contributed by atoms with Gasteiger partial charge in [-0.3, -0.25) is 9.69 Å². The maximum Gasteiger partial charge on any atom is 0.254 e. The lowest BCUT2D eigenvalue weighted by Crippen LogP contribution is -2.46. The minimum absolute atomic E-state index is 0.0113. The summed E-state index contributed by atoms with van der Waals surface area (Å²) in [7, 11) is 0. The van der Waals surface area contributed by atoms with Crippen LogP contribution in [0.3, 0.4) is 0 Å². The van der Waals surface area contributed by atoms with Gasteiger partial charge >= 0.3 is 0 Å². The van der Waals surface area contributed by atoms with E-state index in [1.165, 1.54) is 0 Å². The zero-order valence-electron chi connectivity index (χ0n) is 15.0. The molecule has 0 radical (unpaired) electrons. The summed E-state index contributed by atoms with van der Waals surface area (Å²) >= 11 is 0. The highest BCUT2D eigenvalue weighted by Gasteiger charge is 2.43. The van der Waals surface area contributed by atoms with E-state index in [0.29, 0.717) is 19.8 Å². The first kappa shape index (κ1) is 19.2. The Bertz CT molecular complexity index is 617. The average molecular weight is 368 g/mol. The number of aliphatic hydroxyl groups is 1. The van der Waals surface area contributed by atoms with Crippen LogP contribution in [0, 0.1) is 23.5 Å². The molecule has 26 heavy (non-hydrogen) atoms. The molecule has 0 aromatic heterocycles. The van der Waals surface area contributed by atoms with E-state index in [1.54, 1.807) is 4.90 Å². The van der Waals surface area contributed by atoms with Crippen molar-refractivity contribution in [2.45, 2.75) is 19.4 Å². The summed E-state index contributed by atoms with van der Waals surface area (Å²) in [6.45, 7) is 6.26. The molecule has 1 aromatic carbocycles. The molecule has 5 nitrogen and oxygen atoms in total. The van der Waals surface area contributed by atoms with Gasteiger partial charge in [0.1, 0.15) is 11.6 Å². The van der Waals surface area contributed by atoms with Crippen molar-refractivity contribution in [3.63, 3.8) is 0 Å². The topological polar surface area (TPSA) is 53.0 Å². The summed E-state index contributed by atoms with van der Waals surface area (Å²) in [4.78, 5) is 16.8. The molecule has 0 aliphatic carbocycles. The Morgan fingerprint density at radius 3 is 2.46 bits per heavy atom. The van der Waals surface area contributed by atoms with Crippen LogP contribution in [0.4, 0.5) is 8.78 Å². The van der Waals surface area contributed by atoms with E-state index in [2.05, 4.69) is 11.8 Å². The molecule has 1 N–H and O–H groups in total. The molecule has 0 unspecified atom stereocenters. The number of hydrogen-bond acceptors (Lipinski definition) is 4. The van der Waals surface area contributed by atoms with Crippen molar-refractivity contribution in [2.75, 3.05) is 46.0 Å². The Hall–Kier alpha value is -1.57. The fourth-order valence-corrected chi connectivity index (χ4v) is 4.16. The van der Waals surface area contributed by atoms with Crippen molar-refractivity contribution < 1.29 is 23.4 Å². The van der Waals surface area contributed by atoms with Gasteiger partial charge in [-0.05, 0) is 24.0 Å². The second-order valence-corrected chi connectivity index (χ2v) is 7.11. The SMILES string of the molecule is CC[C@@H]1CN(C(=O)c2cc(F)cc(F)c2)[C@H](CO)[C@@H]1CN1CCOCC1. The van der Waals surface area contributed by atoms with Crippen molar-refractivity contribution >= 4 is 5.91 Å². The molecule has 7 heteroatoms. The summed E-state index contributed by atoms with van der Waals surface area (Å²) in [6.07, 6.45) is 0.882. The van der Waals surface area contributed by atoms with Crippen LogP contribution in [0.25, 0.3) is 0 Å². The first-order valence-corrected chi connectivity index (χ1v) is 9.21. The number of halogens is 2. The van der Waals surface area contributed by atoms with E-state index in [9.17, 15) is 18.7 Å². The van der Waals surface area contributed by atoms with E-state index < -0.39 is 17.5 Å². The maximum absolute atomic E-state index is 13.5. The van der Waals surface area contributed by atoms with Crippen LogP contribution in [0.5, 0.6) is 0 Å². The highest BCUT2D eigenvalue weighted by molar-refractivity contribution is 5.94. The van der Waals surface area contributed by atoms with Gasteiger partial charge in [-0.15, -0.1) is 0 Å². The Morgan fingerprint density at radius 2 is 1.88 bits per heavy atom. The van der Waals surface area contributed by atoms with Gasteiger partial charge in [0, 0.05) is 37.8 Å². The summed E-state index contributed by atoms with van der Waals surface area (Å²) in [5.74, 6) is -1.59. The number of nitrogens with zero attached hydrogens (tertiary/aromatic N) is 2. The van der Waals surface area contributed by atoms with E-state index in [4.69, 9.17) is 4.74 Å². The number of aliphatic hydroxyl groups excluding tert-OH is 1. The molecule has 144 valence electrons. The quantitative estimate of drug-likeness (QED) is 0.861. The molecule has 2 heterocycles. The standard InChI is InChI=1S/C19H26F2N2O3/c1-2-13-10-23(19(25)14-7-15(20)9-16(21)8-14)18(12-24)17(13)11-22-3-5-26-6-4-22/h7-9,13,17-18,24H,2-6,10-12H2,1H3/t13-,17-,18-/m1/s1. The smallest absolute Gasteiger partial charge is 0.254 e. The van der Waals surface area contributed by atoms with E-state index in [1.807, 2.05) is 0 Å². The van der Waals surface area contributed by atoms with Crippen LogP contribution in [0.1, 0.15) is 23.7 Å². The van der Waals surface area contributed by atoms with Gasteiger partial charge in [-0.1, -0.05) is 13.3 Å². The Kier molecular flexibility index (Phi) is 6.21. The average Bonchev–Trinajstić information content (AvgIpc) is 2.98. The number of rotatable bonds is 5. The minimum Gasteiger partial charge on any atom is -0.394 e. The van der Waals surface area contributed by atoms with Gasteiger partial charge in [-0.2, -0.15) is 0 Å². The number of carbonyl (C=O) groups is 1. The number of morpholine rings is 1. The van der Waals surface area contributed by atoms with Crippen molar-refractivity contribution in [1.82, 2.24) is 9.80 Å². The van der Waals surface area contributed by atoms with Gasteiger partial charge in [0.05, 0.1) is 25.9 Å². The Morgan fingerprint density at radius 1 is 1.23 bits per heavy atom. The van der Waals surface area contributed by atoms with Crippen LogP contribution < -0.4 is 0 Å². The van der Waals surface area contributed by atoms with E-state index in [-0.39, 0.29) is 30.0 Å². The second kappa shape index (κ2) is 8.41. The van der Waals surface area contributed by atoms with Gasteiger partial charge in [-0.25, -0.2) is 8.78 Å². The zero-order chi connectivity index (χ0) is 18.7. The number of hydrogen-bond donors (Lipinski definition) is 1. The molecule has 0 spiro atoms. The predicted molar refractivity (Wildman–Crippen MR) is 92.8 cm³/mol. The monoisotopic (exact) mass is 368 g/mol. The van der Waals surface area contributed by atoms with Gasteiger partial charge in [0.2, 0.25) is 0 Å². The molecular weight excluding hydrogens is 342 g/mol. The molecule has 3 atom stereocenters. The fourth-order valence-electron chi connectivity index (χ4n) is 4.16. The second-order valence-electron chi connectivity index (χ2n) is 7.11. The Balaban J connectivity index is 1.79. The van der Waals surface area contributed by atoms with Gasteiger partial charge < -0.3 is 14.7 Å². The fraction of sp³-hybridized carbons (Fsp3) is 0.632. The first-order chi connectivity index (χ1) is 12.5. The molecule has 0 saturated carbocycles. The molecular formula is C19H26F2N2O3. The normalized spacial score (nSPS) is 27.1. The number of benzene rings is 1. The minimum atomic E-state index is -0.773. The first-order valence-electron chi connectivity index (χ1n) is 9.21. The lowest BCUT2D eigenvalue weighted by molar-refractivity contribution is 0.0206. The highest BCUT2D eigenvalue weighted by atomic mass is 19.1. The molecule has 2 fully saturated rings. The highest BCUT2D eigenvalue weighted by Crippen LogP contribution is 2.34. The van der Waals surface area contributed by atoms with Crippen LogP contribution in [-0.2, 0) is 4.74 Å². The molecule has 1 aromatic rings. The summed E-state index contributed by atoms with van der Waals surface area (Å²) in [6, 6.07) is 2.51. The van der Waals surface area contributed by atoms with Crippen LogP contribution in [0.2, 0.25) is 0 Å². The molecule has 1 amide bonds. The third-order valence-corrected chi connectivity index (χ3v) is 5.59. The largest absolute Gasteiger partial charge is 0.394 e. The summed E-state index contributed by atoms with van der Waals surface area (Å²) < 4.78 is 32.4. The van der Waals surface area contributed by atoms with Crippen molar-refractivity contribution in [1.29, 1.82) is 0 Å². The molecule has 3 rings (SSSR count). The molecule has 0 bridgehead atoms. The van der Waals surface area contributed by atoms with Crippen LogP contribution in [-0.4, -0.2) is 72.9 Å². The summed E-state index contributed by atoms with van der Waals surface area (Å²) in [5, 5.41) is 9.97. The lowest BCUT2D eigenvalue weighted by atomic mass is 9.88. The van der Waals surface area contributed by atoms with E-state index >= 15 is 0 Å². The summed E-state index contributed by atoms with van der Waals surface area (Å²) in [5.41, 5.74) is -0.0113. The van der Waals surface area contributed by atoms with Crippen LogP contribution >= 0.6 is 0 Å². The predicted octanol–water partition coefficient (Wildman–Crippen LogP) is 1.76. The maximum atomic E-state index is 13.5. The Labute approximate surface area is 152 Å². The number of likely N-dealkylation sites (tertiary alicyclic amines) is 1. The van der Waals surface area contributed by atoms with Crippen molar-refractivity contribution in [3.05, 3.63) is 35.4 Å². The van der Waals surface area contributed by atoms with Gasteiger partial charge in [0.25, 0.3) is 5.91 Å². The third kappa shape index (κ3) is 4.05. The lowest BCUT2D eigenvalue weighted by Gasteiger charge is -2.33. The number of carbonyl (C=O) groups excluding carboxylic acids is 1. The van der Waals surface area contributed by atoms with Gasteiger partial charge in [0.15, 0.2) is 0 Å². The van der Waals surface area contributed by atoms with Crippen LogP contribution in [0.15, 0.2) is 18.2 Å².